The van der Waals surface area contributed by atoms with Gasteiger partial charge in [0.15, 0.2) is 0 Å². The quantitative estimate of drug-likeness (QED) is 0.741. The van der Waals surface area contributed by atoms with Crippen molar-refractivity contribution in [1.82, 2.24) is 5.32 Å². The van der Waals surface area contributed by atoms with Crippen molar-refractivity contribution < 1.29 is 0 Å². The third-order valence-corrected chi connectivity index (χ3v) is 4.90. The Balaban J connectivity index is 2.69. The molecule has 0 aliphatic rings. The van der Waals surface area contributed by atoms with E-state index in [9.17, 15) is 0 Å². The van der Waals surface area contributed by atoms with E-state index >= 15 is 0 Å². The first-order valence-electron chi connectivity index (χ1n) is 7.44. The van der Waals surface area contributed by atoms with Gasteiger partial charge in [-0.15, -0.1) is 0 Å². The highest BCUT2D eigenvalue weighted by molar-refractivity contribution is 7.99. The Kier molecular flexibility index (Phi) is 7.55. The lowest BCUT2D eigenvalue weighted by atomic mass is 9.99. The smallest absolute Gasteiger partial charge is 0.0409 e. The molecule has 1 aromatic carbocycles. The molecule has 0 aliphatic heterocycles. The van der Waals surface area contributed by atoms with Crippen LogP contribution >= 0.6 is 11.8 Å². The van der Waals surface area contributed by atoms with Gasteiger partial charge in [-0.2, -0.15) is 11.8 Å². The number of hydrogen-bond donors (Lipinski definition) is 1. The summed E-state index contributed by atoms with van der Waals surface area (Å²) < 4.78 is 0. The first kappa shape index (κ1) is 16.6. The third kappa shape index (κ3) is 6.01. The van der Waals surface area contributed by atoms with Crippen molar-refractivity contribution >= 4 is 11.8 Å². The largest absolute Gasteiger partial charge is 0.312 e. The SMILES string of the molecule is CCC(C)SCC(NC)c1cccc(CC(C)C)c1. The fraction of sp³-hybridized carbons (Fsp3) is 0.647. The maximum absolute atomic E-state index is 3.46. The Morgan fingerprint density at radius 2 is 1.95 bits per heavy atom. The van der Waals surface area contributed by atoms with Crippen LogP contribution in [0.5, 0.6) is 0 Å². The Labute approximate surface area is 123 Å². The van der Waals surface area contributed by atoms with Crippen molar-refractivity contribution in [1.29, 1.82) is 0 Å². The van der Waals surface area contributed by atoms with Crippen LogP contribution in [-0.4, -0.2) is 18.1 Å². The monoisotopic (exact) mass is 279 g/mol. The van der Waals surface area contributed by atoms with Gasteiger partial charge in [0.05, 0.1) is 0 Å². The molecule has 108 valence electrons. The van der Waals surface area contributed by atoms with Crippen LogP contribution in [0.25, 0.3) is 0 Å². The predicted molar refractivity (Wildman–Crippen MR) is 89.0 cm³/mol. The zero-order valence-electron chi connectivity index (χ0n) is 13.1. The topological polar surface area (TPSA) is 12.0 Å². The van der Waals surface area contributed by atoms with E-state index in [0.717, 1.165) is 16.9 Å². The first-order chi connectivity index (χ1) is 9.06. The van der Waals surface area contributed by atoms with E-state index < -0.39 is 0 Å². The van der Waals surface area contributed by atoms with Crippen molar-refractivity contribution in [2.75, 3.05) is 12.8 Å². The average molecular weight is 279 g/mol. The normalized spacial score (nSPS) is 14.6. The molecule has 19 heavy (non-hydrogen) atoms. The van der Waals surface area contributed by atoms with Gasteiger partial charge in [0, 0.05) is 17.0 Å². The molecule has 0 spiro atoms. The zero-order chi connectivity index (χ0) is 14.3. The summed E-state index contributed by atoms with van der Waals surface area (Å²) in [5.41, 5.74) is 2.89. The van der Waals surface area contributed by atoms with Crippen LogP contribution in [0.2, 0.25) is 0 Å². The van der Waals surface area contributed by atoms with E-state index in [1.54, 1.807) is 0 Å². The zero-order valence-corrected chi connectivity index (χ0v) is 13.9. The van der Waals surface area contributed by atoms with Crippen LogP contribution in [-0.2, 0) is 6.42 Å². The molecule has 1 nitrogen and oxygen atoms in total. The summed E-state index contributed by atoms with van der Waals surface area (Å²) in [5, 5.41) is 4.20. The lowest BCUT2D eigenvalue weighted by Crippen LogP contribution is -2.20. The predicted octanol–water partition coefficient (Wildman–Crippen LogP) is 4.68. The summed E-state index contributed by atoms with van der Waals surface area (Å²) in [6, 6.07) is 9.54. The van der Waals surface area contributed by atoms with Crippen LogP contribution in [0.15, 0.2) is 24.3 Å². The van der Waals surface area contributed by atoms with Crippen molar-refractivity contribution in [3.8, 4) is 0 Å². The van der Waals surface area contributed by atoms with Crippen LogP contribution in [0, 0.1) is 5.92 Å². The number of rotatable bonds is 8. The molecule has 0 aromatic heterocycles. The fourth-order valence-electron chi connectivity index (χ4n) is 2.13. The lowest BCUT2D eigenvalue weighted by molar-refractivity contribution is 0.638. The Morgan fingerprint density at radius 3 is 2.53 bits per heavy atom. The molecular formula is C17H29NS. The van der Waals surface area contributed by atoms with Gasteiger partial charge in [0.2, 0.25) is 0 Å². The van der Waals surface area contributed by atoms with Crippen LogP contribution in [0.4, 0.5) is 0 Å². The summed E-state index contributed by atoms with van der Waals surface area (Å²) in [6.45, 7) is 9.13. The molecule has 0 bridgehead atoms. The maximum atomic E-state index is 3.46. The van der Waals surface area contributed by atoms with Crippen molar-refractivity contribution in [2.45, 2.75) is 51.8 Å². The number of benzene rings is 1. The molecule has 1 rings (SSSR count). The highest BCUT2D eigenvalue weighted by Crippen LogP contribution is 2.23. The number of hydrogen-bond acceptors (Lipinski definition) is 2. The summed E-state index contributed by atoms with van der Waals surface area (Å²) in [4.78, 5) is 0. The molecule has 2 atom stereocenters. The van der Waals surface area contributed by atoms with Gasteiger partial charge in [-0.1, -0.05) is 52.0 Å². The molecule has 2 unspecified atom stereocenters. The van der Waals surface area contributed by atoms with E-state index in [4.69, 9.17) is 0 Å². The van der Waals surface area contributed by atoms with E-state index in [0.29, 0.717) is 6.04 Å². The lowest BCUT2D eigenvalue weighted by Gasteiger charge is -2.19. The van der Waals surface area contributed by atoms with Crippen molar-refractivity contribution in [3.63, 3.8) is 0 Å². The minimum absolute atomic E-state index is 0.464. The molecule has 0 heterocycles. The Hall–Kier alpha value is -0.470. The summed E-state index contributed by atoms with van der Waals surface area (Å²) >= 11 is 2.06. The molecule has 2 heteroatoms. The fourth-order valence-corrected chi connectivity index (χ4v) is 3.25. The van der Waals surface area contributed by atoms with Gasteiger partial charge >= 0.3 is 0 Å². The Bertz CT molecular complexity index is 362. The van der Waals surface area contributed by atoms with Gasteiger partial charge in [0.25, 0.3) is 0 Å². The van der Waals surface area contributed by atoms with Crippen LogP contribution < -0.4 is 5.32 Å². The summed E-state index contributed by atoms with van der Waals surface area (Å²) in [5.74, 6) is 1.87. The van der Waals surface area contributed by atoms with Crippen LogP contribution in [0.3, 0.4) is 0 Å². The second-order valence-electron chi connectivity index (χ2n) is 5.74. The van der Waals surface area contributed by atoms with E-state index in [1.807, 2.05) is 0 Å². The second kappa shape index (κ2) is 8.65. The molecular weight excluding hydrogens is 250 g/mol. The number of thioether (sulfide) groups is 1. The van der Waals surface area contributed by atoms with Gasteiger partial charge in [0.1, 0.15) is 0 Å². The maximum Gasteiger partial charge on any atom is 0.0409 e. The van der Waals surface area contributed by atoms with E-state index in [2.05, 4.69) is 76.1 Å². The molecule has 0 aliphatic carbocycles. The Morgan fingerprint density at radius 1 is 1.21 bits per heavy atom. The van der Waals surface area contributed by atoms with Crippen molar-refractivity contribution in [2.24, 2.45) is 5.92 Å². The molecule has 0 saturated heterocycles. The highest BCUT2D eigenvalue weighted by Gasteiger charge is 2.11. The van der Waals surface area contributed by atoms with E-state index in [-0.39, 0.29) is 0 Å². The van der Waals surface area contributed by atoms with Gasteiger partial charge < -0.3 is 5.32 Å². The number of nitrogens with one attached hydrogen (secondary N) is 1. The van der Waals surface area contributed by atoms with Gasteiger partial charge in [-0.25, -0.2) is 0 Å². The third-order valence-electron chi connectivity index (χ3n) is 3.47. The second-order valence-corrected chi connectivity index (χ2v) is 7.21. The molecule has 0 fully saturated rings. The minimum atomic E-state index is 0.464. The average Bonchev–Trinajstić information content (AvgIpc) is 2.38. The molecule has 0 saturated carbocycles. The molecule has 0 radical (unpaired) electrons. The first-order valence-corrected chi connectivity index (χ1v) is 8.49. The van der Waals surface area contributed by atoms with Gasteiger partial charge in [-0.05, 0) is 36.9 Å². The summed E-state index contributed by atoms with van der Waals surface area (Å²) in [6.07, 6.45) is 2.41. The molecule has 0 amide bonds. The standard InChI is InChI=1S/C17H29NS/c1-6-14(4)19-12-17(18-5)16-9-7-8-15(11-16)10-13(2)3/h7-9,11,13-14,17-18H,6,10,12H2,1-5H3. The highest BCUT2D eigenvalue weighted by atomic mass is 32.2. The minimum Gasteiger partial charge on any atom is -0.312 e. The molecule has 1 N–H and O–H groups in total. The van der Waals surface area contributed by atoms with Crippen molar-refractivity contribution in [3.05, 3.63) is 35.4 Å². The van der Waals surface area contributed by atoms with Gasteiger partial charge in [-0.3, -0.25) is 0 Å². The van der Waals surface area contributed by atoms with E-state index in [1.165, 1.54) is 24.0 Å². The molecule has 1 aromatic rings. The summed E-state index contributed by atoms with van der Waals surface area (Å²) in [7, 11) is 2.07. The van der Waals surface area contributed by atoms with Crippen LogP contribution in [0.1, 0.15) is 51.3 Å².